The highest BCUT2D eigenvalue weighted by atomic mass is 32.1. The number of halogens is 2. The number of carbonyl (C=O) groups excluding carboxylic acids is 1. The number of amides is 1. The molecule has 0 unspecified atom stereocenters. The van der Waals surface area contributed by atoms with Gasteiger partial charge in [0.25, 0.3) is 12.3 Å². The maximum Gasteiger partial charge on any atom is 0.273 e. The highest BCUT2D eigenvalue weighted by Crippen LogP contribution is 2.30. The maximum atomic E-state index is 12.8. The summed E-state index contributed by atoms with van der Waals surface area (Å²) in [5.41, 5.74) is -0.0452. The minimum Gasteiger partial charge on any atom is -0.487 e. The van der Waals surface area contributed by atoms with Crippen molar-refractivity contribution in [2.45, 2.75) is 26.4 Å². The first-order valence-corrected chi connectivity index (χ1v) is 7.15. The van der Waals surface area contributed by atoms with Crippen LogP contribution < -0.4 is 10.1 Å². The molecule has 21 heavy (non-hydrogen) atoms. The molecule has 0 spiro atoms. The van der Waals surface area contributed by atoms with Gasteiger partial charge in [-0.25, -0.2) is 13.8 Å². The quantitative estimate of drug-likeness (QED) is 0.903. The van der Waals surface area contributed by atoms with Crippen molar-refractivity contribution in [1.29, 1.82) is 0 Å². The standard InChI is InChI=1S/C14H14F2N2O2S/c1-8(2)20-10-4-3-6-17-13(10)18-14(19)9-5-7-21-11(9)12(15)16/h3-8,12H,1-2H3,(H,17,18,19). The average molecular weight is 312 g/mol. The van der Waals surface area contributed by atoms with Crippen LogP contribution in [0.2, 0.25) is 0 Å². The van der Waals surface area contributed by atoms with Gasteiger partial charge in [-0.3, -0.25) is 4.79 Å². The third-order valence-electron chi connectivity index (χ3n) is 2.50. The molecule has 0 atom stereocenters. The third-order valence-corrected chi connectivity index (χ3v) is 3.43. The molecule has 112 valence electrons. The Morgan fingerprint density at radius 3 is 2.81 bits per heavy atom. The Labute approximate surface area is 124 Å². The van der Waals surface area contributed by atoms with Gasteiger partial charge in [-0.15, -0.1) is 11.3 Å². The predicted molar refractivity (Wildman–Crippen MR) is 77.2 cm³/mol. The molecule has 0 aliphatic carbocycles. The molecule has 0 aliphatic rings. The molecule has 2 rings (SSSR count). The van der Waals surface area contributed by atoms with Crippen LogP contribution in [0.1, 0.15) is 35.5 Å². The summed E-state index contributed by atoms with van der Waals surface area (Å²) < 4.78 is 31.1. The van der Waals surface area contributed by atoms with Crippen LogP contribution in [-0.4, -0.2) is 17.0 Å². The summed E-state index contributed by atoms with van der Waals surface area (Å²) in [4.78, 5) is 15.9. The molecule has 2 heterocycles. The van der Waals surface area contributed by atoms with Crippen LogP contribution in [-0.2, 0) is 0 Å². The third kappa shape index (κ3) is 3.75. The van der Waals surface area contributed by atoms with Gasteiger partial charge in [0.2, 0.25) is 0 Å². The fourth-order valence-corrected chi connectivity index (χ4v) is 2.43. The molecule has 0 saturated carbocycles. The molecule has 0 aliphatic heterocycles. The molecule has 0 fully saturated rings. The number of hydrogen-bond donors (Lipinski definition) is 1. The predicted octanol–water partition coefficient (Wildman–Crippen LogP) is 4.12. The van der Waals surface area contributed by atoms with Crippen LogP contribution in [0.15, 0.2) is 29.8 Å². The average Bonchev–Trinajstić information content (AvgIpc) is 2.90. The largest absolute Gasteiger partial charge is 0.487 e. The molecule has 1 amide bonds. The molecule has 0 aromatic carbocycles. The molecule has 2 aromatic heterocycles. The van der Waals surface area contributed by atoms with Crippen LogP contribution in [0.25, 0.3) is 0 Å². The van der Waals surface area contributed by atoms with E-state index in [1.807, 2.05) is 13.8 Å². The molecule has 0 bridgehead atoms. The number of nitrogens with one attached hydrogen (secondary N) is 1. The molecule has 4 nitrogen and oxygen atoms in total. The maximum absolute atomic E-state index is 12.8. The number of alkyl halides is 2. The summed E-state index contributed by atoms with van der Waals surface area (Å²) in [6.07, 6.45) is -1.28. The van der Waals surface area contributed by atoms with Gasteiger partial charge < -0.3 is 10.1 Å². The first kappa shape index (κ1) is 15.4. The zero-order chi connectivity index (χ0) is 15.4. The van der Waals surface area contributed by atoms with Crippen molar-refractivity contribution in [2.24, 2.45) is 0 Å². The Kier molecular flexibility index (Phi) is 4.85. The molecule has 2 aromatic rings. The minimum absolute atomic E-state index is 0.0452. The Balaban J connectivity index is 2.22. The van der Waals surface area contributed by atoms with E-state index in [-0.39, 0.29) is 22.4 Å². The number of anilines is 1. The van der Waals surface area contributed by atoms with Crippen molar-refractivity contribution in [2.75, 3.05) is 5.32 Å². The summed E-state index contributed by atoms with van der Waals surface area (Å²) in [5, 5.41) is 3.97. The molecule has 0 radical (unpaired) electrons. The normalized spacial score (nSPS) is 11.0. The van der Waals surface area contributed by atoms with E-state index in [2.05, 4.69) is 10.3 Å². The van der Waals surface area contributed by atoms with Gasteiger partial charge in [-0.2, -0.15) is 0 Å². The zero-order valence-electron chi connectivity index (χ0n) is 11.5. The lowest BCUT2D eigenvalue weighted by molar-refractivity contribution is 0.101. The Morgan fingerprint density at radius 2 is 2.14 bits per heavy atom. The van der Waals surface area contributed by atoms with E-state index in [9.17, 15) is 13.6 Å². The second-order valence-electron chi connectivity index (χ2n) is 4.47. The van der Waals surface area contributed by atoms with Crippen molar-refractivity contribution in [3.63, 3.8) is 0 Å². The van der Waals surface area contributed by atoms with Crippen LogP contribution >= 0.6 is 11.3 Å². The minimum atomic E-state index is -2.68. The number of carbonyl (C=O) groups is 1. The number of ether oxygens (including phenoxy) is 1. The lowest BCUT2D eigenvalue weighted by Crippen LogP contribution is -2.16. The van der Waals surface area contributed by atoms with Crippen molar-refractivity contribution in [1.82, 2.24) is 4.98 Å². The van der Waals surface area contributed by atoms with Crippen molar-refractivity contribution < 1.29 is 18.3 Å². The lowest BCUT2D eigenvalue weighted by atomic mass is 10.2. The second-order valence-corrected chi connectivity index (χ2v) is 5.42. The van der Waals surface area contributed by atoms with Gasteiger partial charge in [0, 0.05) is 6.20 Å². The van der Waals surface area contributed by atoms with E-state index in [1.165, 1.54) is 17.6 Å². The van der Waals surface area contributed by atoms with Gasteiger partial charge in [0.05, 0.1) is 16.5 Å². The topological polar surface area (TPSA) is 51.2 Å². The number of rotatable bonds is 5. The van der Waals surface area contributed by atoms with Crippen molar-refractivity contribution in [3.8, 4) is 5.75 Å². The van der Waals surface area contributed by atoms with Crippen molar-refractivity contribution >= 4 is 23.1 Å². The molecule has 1 N–H and O–H groups in total. The van der Waals surface area contributed by atoms with Crippen LogP contribution in [0, 0.1) is 0 Å². The lowest BCUT2D eigenvalue weighted by Gasteiger charge is -2.13. The summed E-state index contributed by atoms with van der Waals surface area (Å²) in [6, 6.07) is 4.69. The summed E-state index contributed by atoms with van der Waals surface area (Å²) in [5.74, 6) is -0.0175. The van der Waals surface area contributed by atoms with Gasteiger partial charge in [-0.05, 0) is 37.4 Å². The Bertz CT molecular complexity index is 629. The van der Waals surface area contributed by atoms with Crippen molar-refractivity contribution in [3.05, 3.63) is 40.2 Å². The van der Waals surface area contributed by atoms with Gasteiger partial charge in [-0.1, -0.05) is 0 Å². The number of thiophene rings is 1. The van der Waals surface area contributed by atoms with Crippen LogP contribution in [0.3, 0.4) is 0 Å². The van der Waals surface area contributed by atoms with E-state index < -0.39 is 12.3 Å². The first-order chi connectivity index (χ1) is 9.99. The highest BCUT2D eigenvalue weighted by molar-refractivity contribution is 7.10. The van der Waals surface area contributed by atoms with E-state index in [4.69, 9.17) is 4.74 Å². The molecule has 7 heteroatoms. The number of pyridine rings is 1. The van der Waals surface area contributed by atoms with Gasteiger partial charge in [0.15, 0.2) is 11.6 Å². The van der Waals surface area contributed by atoms with Gasteiger partial charge in [0.1, 0.15) is 0 Å². The summed E-state index contributed by atoms with van der Waals surface area (Å²) in [7, 11) is 0. The number of hydrogen-bond acceptors (Lipinski definition) is 4. The summed E-state index contributed by atoms with van der Waals surface area (Å²) >= 11 is 0.849. The van der Waals surface area contributed by atoms with Gasteiger partial charge >= 0.3 is 0 Å². The van der Waals surface area contributed by atoms with E-state index >= 15 is 0 Å². The smallest absolute Gasteiger partial charge is 0.273 e. The zero-order valence-corrected chi connectivity index (χ0v) is 12.3. The Morgan fingerprint density at radius 1 is 1.38 bits per heavy atom. The monoisotopic (exact) mass is 312 g/mol. The molecular formula is C14H14F2N2O2S. The number of nitrogens with zero attached hydrogens (tertiary/aromatic N) is 1. The van der Waals surface area contributed by atoms with E-state index in [0.717, 1.165) is 11.3 Å². The van der Waals surface area contributed by atoms with E-state index in [0.29, 0.717) is 5.75 Å². The fraction of sp³-hybridized carbons (Fsp3) is 0.286. The fourth-order valence-electron chi connectivity index (χ4n) is 1.69. The molecule has 0 saturated heterocycles. The first-order valence-electron chi connectivity index (χ1n) is 6.27. The van der Waals surface area contributed by atoms with E-state index in [1.54, 1.807) is 12.1 Å². The SMILES string of the molecule is CC(C)Oc1cccnc1NC(=O)c1ccsc1C(F)F. The Hall–Kier alpha value is -2.02. The highest BCUT2D eigenvalue weighted by Gasteiger charge is 2.21. The molecular weight excluding hydrogens is 298 g/mol. The van der Waals surface area contributed by atoms with Crippen LogP contribution in [0.4, 0.5) is 14.6 Å². The number of aromatic nitrogens is 1. The summed E-state index contributed by atoms with van der Waals surface area (Å²) in [6.45, 7) is 3.68. The second kappa shape index (κ2) is 6.62. The van der Waals surface area contributed by atoms with Crippen LogP contribution in [0.5, 0.6) is 5.75 Å².